The quantitative estimate of drug-likeness (QED) is 0.804. The van der Waals surface area contributed by atoms with Crippen LogP contribution >= 0.6 is 0 Å². The Bertz CT molecular complexity index is 834. The number of benzene rings is 1. The number of nitrogen functional groups attached to an aromatic ring is 1. The van der Waals surface area contributed by atoms with Crippen molar-refractivity contribution < 1.29 is 0 Å². The van der Waals surface area contributed by atoms with E-state index < -0.39 is 0 Å². The van der Waals surface area contributed by atoms with Gasteiger partial charge in [-0.15, -0.1) is 0 Å². The van der Waals surface area contributed by atoms with Crippen LogP contribution in [0.25, 0.3) is 10.9 Å². The topological polar surface area (TPSA) is 67.9 Å². The number of piperidine rings is 1. The summed E-state index contributed by atoms with van der Waals surface area (Å²) in [5.74, 6) is 1.93. The normalized spacial score (nSPS) is 18.8. The summed E-state index contributed by atoms with van der Waals surface area (Å²) >= 11 is 0. The van der Waals surface area contributed by atoms with Crippen LogP contribution < -0.4 is 5.73 Å². The van der Waals surface area contributed by atoms with Gasteiger partial charge in [-0.25, -0.2) is 9.97 Å². The van der Waals surface area contributed by atoms with Gasteiger partial charge in [0, 0.05) is 24.3 Å². The second-order valence-electron chi connectivity index (χ2n) is 6.40. The molecule has 0 saturated carbocycles. The molecule has 3 heterocycles. The molecule has 1 aromatic carbocycles. The molecule has 4 rings (SSSR count). The van der Waals surface area contributed by atoms with Gasteiger partial charge < -0.3 is 5.73 Å². The van der Waals surface area contributed by atoms with Gasteiger partial charge in [-0.2, -0.15) is 0 Å². The first-order valence-corrected chi connectivity index (χ1v) is 8.43. The van der Waals surface area contributed by atoms with Crippen LogP contribution in [0.4, 0.5) is 5.82 Å². The van der Waals surface area contributed by atoms with Crippen LogP contribution in [0.15, 0.2) is 48.8 Å². The molecule has 2 aromatic heterocycles. The molecule has 5 nitrogen and oxygen atoms in total. The molecule has 24 heavy (non-hydrogen) atoms. The Labute approximate surface area is 141 Å². The molecule has 3 aromatic rings. The Balaban J connectivity index is 1.53. The summed E-state index contributed by atoms with van der Waals surface area (Å²) in [5.41, 5.74) is 8.39. The number of likely N-dealkylation sites (tertiary alicyclic amines) is 1. The lowest BCUT2D eigenvalue weighted by atomic mass is 9.91. The molecular formula is C19H21N5. The predicted octanol–water partition coefficient (Wildman–Crippen LogP) is 2.99. The van der Waals surface area contributed by atoms with E-state index in [1.165, 1.54) is 18.4 Å². The number of nitrogens with two attached hydrogens (primary N) is 1. The standard InChI is InChI=1S/C19H21N5/c20-19-16-5-1-2-6-17(16)22-18(23-19)13-24-11-3-4-15(12-24)14-7-9-21-10-8-14/h1-2,5-10,15H,3-4,11-13H2,(H2,20,22,23). The van der Waals surface area contributed by atoms with Crippen molar-refractivity contribution in [1.82, 2.24) is 19.9 Å². The van der Waals surface area contributed by atoms with Gasteiger partial charge in [0.15, 0.2) is 0 Å². The highest BCUT2D eigenvalue weighted by Crippen LogP contribution is 2.27. The van der Waals surface area contributed by atoms with E-state index in [2.05, 4.69) is 32.0 Å². The minimum Gasteiger partial charge on any atom is -0.383 e. The van der Waals surface area contributed by atoms with E-state index >= 15 is 0 Å². The van der Waals surface area contributed by atoms with E-state index in [0.29, 0.717) is 11.7 Å². The fourth-order valence-corrected chi connectivity index (χ4v) is 3.53. The van der Waals surface area contributed by atoms with Gasteiger partial charge in [0.2, 0.25) is 0 Å². The van der Waals surface area contributed by atoms with Crippen molar-refractivity contribution in [1.29, 1.82) is 0 Å². The number of nitrogens with zero attached hydrogens (tertiary/aromatic N) is 4. The van der Waals surface area contributed by atoms with Crippen molar-refractivity contribution in [3.05, 3.63) is 60.2 Å². The second kappa shape index (κ2) is 6.53. The van der Waals surface area contributed by atoms with E-state index in [9.17, 15) is 0 Å². The minimum absolute atomic E-state index is 0.555. The van der Waals surface area contributed by atoms with E-state index in [-0.39, 0.29) is 0 Å². The number of aromatic nitrogens is 3. The van der Waals surface area contributed by atoms with Crippen LogP contribution in [-0.2, 0) is 6.54 Å². The highest BCUT2D eigenvalue weighted by molar-refractivity contribution is 5.87. The van der Waals surface area contributed by atoms with Crippen molar-refractivity contribution in [2.75, 3.05) is 18.8 Å². The van der Waals surface area contributed by atoms with Crippen molar-refractivity contribution in [3.8, 4) is 0 Å². The van der Waals surface area contributed by atoms with Crippen LogP contribution in [0, 0.1) is 0 Å². The zero-order chi connectivity index (χ0) is 16.4. The molecule has 1 unspecified atom stereocenters. The molecule has 1 aliphatic heterocycles. The third-order valence-electron chi connectivity index (χ3n) is 4.73. The van der Waals surface area contributed by atoms with Gasteiger partial charge >= 0.3 is 0 Å². The summed E-state index contributed by atoms with van der Waals surface area (Å²) in [4.78, 5) is 15.7. The zero-order valence-electron chi connectivity index (χ0n) is 13.6. The number of hydrogen-bond donors (Lipinski definition) is 1. The minimum atomic E-state index is 0.555. The molecule has 0 radical (unpaired) electrons. The number of anilines is 1. The Kier molecular flexibility index (Phi) is 4.09. The first-order valence-electron chi connectivity index (χ1n) is 8.43. The first-order chi connectivity index (χ1) is 11.8. The first kappa shape index (κ1) is 15.0. The summed E-state index contributed by atoms with van der Waals surface area (Å²) in [7, 11) is 0. The number of rotatable bonds is 3. The van der Waals surface area contributed by atoms with Crippen LogP contribution in [0.2, 0.25) is 0 Å². The Morgan fingerprint density at radius 2 is 1.92 bits per heavy atom. The number of para-hydroxylation sites is 1. The van der Waals surface area contributed by atoms with Crippen molar-refractivity contribution in [3.63, 3.8) is 0 Å². The lowest BCUT2D eigenvalue weighted by molar-refractivity contribution is 0.196. The molecule has 2 N–H and O–H groups in total. The fourth-order valence-electron chi connectivity index (χ4n) is 3.53. The van der Waals surface area contributed by atoms with E-state index in [4.69, 9.17) is 5.73 Å². The van der Waals surface area contributed by atoms with Crippen molar-refractivity contribution in [2.45, 2.75) is 25.3 Å². The predicted molar refractivity (Wildman–Crippen MR) is 95.4 cm³/mol. The monoisotopic (exact) mass is 319 g/mol. The van der Waals surface area contributed by atoms with Crippen LogP contribution in [-0.4, -0.2) is 32.9 Å². The molecule has 0 aliphatic carbocycles. The highest BCUT2D eigenvalue weighted by atomic mass is 15.2. The maximum absolute atomic E-state index is 6.10. The molecule has 1 aliphatic rings. The van der Waals surface area contributed by atoms with E-state index in [0.717, 1.165) is 36.4 Å². The summed E-state index contributed by atoms with van der Waals surface area (Å²) in [6, 6.07) is 12.2. The maximum atomic E-state index is 6.10. The van der Waals surface area contributed by atoms with Crippen LogP contribution in [0.1, 0.15) is 30.1 Å². The van der Waals surface area contributed by atoms with Gasteiger partial charge in [-0.1, -0.05) is 12.1 Å². The van der Waals surface area contributed by atoms with Crippen LogP contribution in [0.3, 0.4) is 0 Å². The van der Waals surface area contributed by atoms with E-state index in [1.807, 2.05) is 36.7 Å². The SMILES string of the molecule is Nc1nc(CN2CCCC(c3ccncc3)C2)nc2ccccc12. The average molecular weight is 319 g/mol. The van der Waals surface area contributed by atoms with Gasteiger partial charge in [0.1, 0.15) is 11.6 Å². The molecular weight excluding hydrogens is 298 g/mol. The maximum Gasteiger partial charge on any atom is 0.145 e. The largest absolute Gasteiger partial charge is 0.383 e. The summed E-state index contributed by atoms with van der Waals surface area (Å²) in [6.45, 7) is 2.86. The molecule has 1 fully saturated rings. The number of pyridine rings is 1. The summed E-state index contributed by atoms with van der Waals surface area (Å²) < 4.78 is 0. The lowest BCUT2D eigenvalue weighted by Gasteiger charge is -2.32. The van der Waals surface area contributed by atoms with Gasteiger partial charge in [0.05, 0.1) is 12.1 Å². The smallest absolute Gasteiger partial charge is 0.145 e. The summed E-state index contributed by atoms with van der Waals surface area (Å²) in [6.07, 6.45) is 6.17. The van der Waals surface area contributed by atoms with Crippen LogP contribution in [0.5, 0.6) is 0 Å². The van der Waals surface area contributed by atoms with Crippen molar-refractivity contribution >= 4 is 16.7 Å². The fraction of sp³-hybridized carbons (Fsp3) is 0.316. The zero-order valence-corrected chi connectivity index (χ0v) is 13.6. The second-order valence-corrected chi connectivity index (χ2v) is 6.40. The molecule has 0 amide bonds. The van der Waals surface area contributed by atoms with Gasteiger partial charge in [-0.05, 0) is 55.1 Å². The molecule has 1 atom stereocenters. The van der Waals surface area contributed by atoms with E-state index in [1.54, 1.807) is 0 Å². The summed E-state index contributed by atoms with van der Waals surface area (Å²) in [5, 5.41) is 0.926. The number of fused-ring (bicyclic) bond motifs is 1. The number of hydrogen-bond acceptors (Lipinski definition) is 5. The molecule has 5 heteroatoms. The molecule has 122 valence electrons. The third-order valence-corrected chi connectivity index (χ3v) is 4.73. The van der Waals surface area contributed by atoms with Gasteiger partial charge in [-0.3, -0.25) is 9.88 Å². The third kappa shape index (κ3) is 3.08. The Morgan fingerprint density at radius 1 is 1.08 bits per heavy atom. The lowest BCUT2D eigenvalue weighted by Crippen LogP contribution is -2.34. The molecule has 1 saturated heterocycles. The Morgan fingerprint density at radius 3 is 2.79 bits per heavy atom. The molecule has 0 spiro atoms. The molecule has 0 bridgehead atoms. The van der Waals surface area contributed by atoms with Gasteiger partial charge in [0.25, 0.3) is 0 Å². The average Bonchev–Trinajstić information content (AvgIpc) is 2.63. The highest BCUT2D eigenvalue weighted by Gasteiger charge is 2.22. The Hall–Kier alpha value is -2.53. The van der Waals surface area contributed by atoms with Crippen molar-refractivity contribution in [2.24, 2.45) is 0 Å².